The van der Waals surface area contributed by atoms with E-state index in [1.807, 2.05) is 0 Å². The summed E-state index contributed by atoms with van der Waals surface area (Å²) in [6, 6.07) is 18.4. The molecule has 0 aliphatic carbocycles. The van der Waals surface area contributed by atoms with E-state index in [-0.39, 0.29) is 33.3 Å². The van der Waals surface area contributed by atoms with Crippen molar-refractivity contribution in [1.29, 1.82) is 5.26 Å². The standard InChI is InChI=1S/C23H13BrClN3O5/c24-17-6-9-21(33-23(30)14-4-2-1-3-5-14)15(11-17)10-16(13-26)22(29)27-20-12-18(28(31)32)7-8-19(20)25/h1-12H,(H,27,29)/b16-10+. The number of anilines is 1. The maximum absolute atomic E-state index is 12.7. The van der Waals surface area contributed by atoms with Gasteiger partial charge in [-0.25, -0.2) is 4.79 Å². The maximum Gasteiger partial charge on any atom is 0.343 e. The summed E-state index contributed by atoms with van der Waals surface area (Å²) in [6.45, 7) is 0. The highest BCUT2D eigenvalue weighted by Crippen LogP contribution is 2.29. The Morgan fingerprint density at radius 1 is 1.12 bits per heavy atom. The summed E-state index contributed by atoms with van der Waals surface area (Å²) in [4.78, 5) is 35.5. The van der Waals surface area contributed by atoms with E-state index in [0.717, 1.165) is 6.07 Å². The second kappa shape index (κ2) is 10.5. The van der Waals surface area contributed by atoms with Crippen LogP contribution in [-0.4, -0.2) is 16.8 Å². The van der Waals surface area contributed by atoms with Gasteiger partial charge >= 0.3 is 5.97 Å². The molecule has 0 aliphatic rings. The summed E-state index contributed by atoms with van der Waals surface area (Å²) < 4.78 is 6.07. The molecular weight excluding hydrogens is 514 g/mol. The number of carbonyl (C=O) groups excluding carboxylic acids is 2. The number of nitriles is 1. The summed E-state index contributed by atoms with van der Waals surface area (Å²) in [5.41, 5.74) is -0.0339. The molecular formula is C23H13BrClN3O5. The number of hydrogen-bond donors (Lipinski definition) is 1. The summed E-state index contributed by atoms with van der Waals surface area (Å²) >= 11 is 9.32. The highest BCUT2D eigenvalue weighted by Gasteiger charge is 2.17. The van der Waals surface area contributed by atoms with Crippen LogP contribution in [0.4, 0.5) is 11.4 Å². The molecule has 164 valence electrons. The zero-order valence-corrected chi connectivity index (χ0v) is 19.0. The number of hydrogen-bond acceptors (Lipinski definition) is 6. The third-order valence-corrected chi connectivity index (χ3v) is 5.08. The third-order valence-electron chi connectivity index (χ3n) is 4.26. The van der Waals surface area contributed by atoms with E-state index < -0.39 is 16.8 Å². The minimum atomic E-state index is -0.847. The van der Waals surface area contributed by atoms with Crippen LogP contribution < -0.4 is 10.1 Å². The molecule has 0 spiro atoms. The highest BCUT2D eigenvalue weighted by molar-refractivity contribution is 9.10. The summed E-state index contributed by atoms with van der Waals surface area (Å²) in [7, 11) is 0. The average Bonchev–Trinajstić information content (AvgIpc) is 2.80. The van der Waals surface area contributed by atoms with Gasteiger partial charge in [0, 0.05) is 22.2 Å². The molecule has 33 heavy (non-hydrogen) atoms. The summed E-state index contributed by atoms with van der Waals surface area (Å²) in [6.07, 6.45) is 1.24. The number of halogens is 2. The smallest absolute Gasteiger partial charge is 0.343 e. The quantitative estimate of drug-likeness (QED) is 0.109. The van der Waals surface area contributed by atoms with Crippen molar-refractivity contribution in [2.24, 2.45) is 0 Å². The molecule has 0 aliphatic heterocycles. The Hall–Kier alpha value is -4.00. The van der Waals surface area contributed by atoms with Crippen LogP contribution in [0.1, 0.15) is 15.9 Å². The van der Waals surface area contributed by atoms with Gasteiger partial charge in [0.1, 0.15) is 17.4 Å². The number of nitro groups is 1. The Morgan fingerprint density at radius 2 is 1.85 bits per heavy atom. The number of nitro benzene ring substituents is 1. The van der Waals surface area contributed by atoms with Crippen molar-refractivity contribution < 1.29 is 19.2 Å². The lowest BCUT2D eigenvalue weighted by Gasteiger charge is -2.10. The molecule has 0 fully saturated rings. The van der Waals surface area contributed by atoms with Crippen molar-refractivity contribution in [3.63, 3.8) is 0 Å². The average molecular weight is 527 g/mol. The molecule has 0 heterocycles. The van der Waals surface area contributed by atoms with Crippen LogP contribution in [0.3, 0.4) is 0 Å². The van der Waals surface area contributed by atoms with Gasteiger partial charge in [0.15, 0.2) is 0 Å². The Kier molecular flexibility index (Phi) is 7.56. The van der Waals surface area contributed by atoms with E-state index in [9.17, 15) is 25.0 Å². The first-order valence-electron chi connectivity index (χ1n) is 9.22. The Bertz CT molecular complexity index is 1320. The molecule has 3 rings (SSSR count). The molecule has 0 bridgehead atoms. The fourth-order valence-electron chi connectivity index (χ4n) is 2.67. The van der Waals surface area contributed by atoms with Crippen LogP contribution in [0, 0.1) is 21.4 Å². The number of nitrogens with one attached hydrogen (secondary N) is 1. The zero-order chi connectivity index (χ0) is 24.0. The van der Waals surface area contributed by atoms with Gasteiger partial charge in [0.25, 0.3) is 11.6 Å². The van der Waals surface area contributed by atoms with Crippen molar-refractivity contribution >= 4 is 56.9 Å². The number of ether oxygens (including phenoxy) is 1. The topological polar surface area (TPSA) is 122 Å². The van der Waals surface area contributed by atoms with Gasteiger partial charge in [-0.15, -0.1) is 0 Å². The second-order valence-corrected chi connectivity index (χ2v) is 7.81. The van der Waals surface area contributed by atoms with Gasteiger partial charge in [-0.3, -0.25) is 14.9 Å². The molecule has 0 saturated carbocycles. The molecule has 1 N–H and O–H groups in total. The van der Waals surface area contributed by atoms with Crippen molar-refractivity contribution in [3.8, 4) is 11.8 Å². The normalized spacial score (nSPS) is 10.8. The van der Waals surface area contributed by atoms with Crippen molar-refractivity contribution in [3.05, 3.63) is 103 Å². The van der Waals surface area contributed by atoms with Gasteiger partial charge in [-0.1, -0.05) is 45.7 Å². The first-order valence-corrected chi connectivity index (χ1v) is 10.4. The predicted octanol–water partition coefficient (Wildman–Crippen LogP) is 5.78. The van der Waals surface area contributed by atoms with E-state index in [0.29, 0.717) is 10.0 Å². The monoisotopic (exact) mass is 525 g/mol. The molecule has 3 aromatic carbocycles. The second-order valence-electron chi connectivity index (χ2n) is 6.48. The molecule has 0 saturated heterocycles. The van der Waals surface area contributed by atoms with Gasteiger partial charge < -0.3 is 10.1 Å². The molecule has 3 aromatic rings. The lowest BCUT2D eigenvalue weighted by molar-refractivity contribution is -0.384. The summed E-state index contributed by atoms with van der Waals surface area (Å²) in [5.74, 6) is -1.33. The molecule has 0 radical (unpaired) electrons. The van der Waals surface area contributed by atoms with E-state index >= 15 is 0 Å². The number of benzene rings is 3. The number of esters is 1. The van der Waals surface area contributed by atoms with Crippen LogP contribution in [0.15, 0.2) is 76.8 Å². The Balaban J connectivity index is 1.91. The van der Waals surface area contributed by atoms with Gasteiger partial charge in [-0.2, -0.15) is 5.26 Å². The van der Waals surface area contributed by atoms with Crippen LogP contribution >= 0.6 is 27.5 Å². The fraction of sp³-hybridized carbons (Fsp3) is 0. The van der Waals surface area contributed by atoms with Gasteiger partial charge in [-0.05, 0) is 42.5 Å². The predicted molar refractivity (Wildman–Crippen MR) is 126 cm³/mol. The van der Waals surface area contributed by atoms with Crippen molar-refractivity contribution in [1.82, 2.24) is 0 Å². The van der Waals surface area contributed by atoms with E-state index in [1.54, 1.807) is 48.5 Å². The number of nitrogens with zero attached hydrogens (tertiary/aromatic N) is 2. The molecule has 10 heteroatoms. The van der Waals surface area contributed by atoms with Gasteiger partial charge in [0.05, 0.1) is 21.2 Å². The van der Waals surface area contributed by atoms with E-state index in [2.05, 4.69) is 21.2 Å². The Labute approximate surface area is 201 Å². The number of non-ortho nitro benzene ring substituents is 1. The third kappa shape index (κ3) is 6.04. The van der Waals surface area contributed by atoms with Crippen molar-refractivity contribution in [2.75, 3.05) is 5.32 Å². The first-order chi connectivity index (χ1) is 15.8. The van der Waals surface area contributed by atoms with E-state index in [1.165, 1.54) is 24.3 Å². The lowest BCUT2D eigenvalue weighted by Crippen LogP contribution is -2.14. The van der Waals surface area contributed by atoms with E-state index in [4.69, 9.17) is 16.3 Å². The maximum atomic E-state index is 12.7. The first kappa shape index (κ1) is 23.7. The van der Waals surface area contributed by atoms with Crippen LogP contribution in [-0.2, 0) is 4.79 Å². The number of rotatable bonds is 6. The minimum Gasteiger partial charge on any atom is -0.422 e. The largest absolute Gasteiger partial charge is 0.422 e. The SMILES string of the molecule is N#C/C(=C\c1cc(Br)ccc1OC(=O)c1ccccc1)C(=O)Nc1cc([N+](=O)[O-])ccc1Cl. The number of amides is 1. The lowest BCUT2D eigenvalue weighted by atomic mass is 10.1. The fourth-order valence-corrected chi connectivity index (χ4v) is 3.22. The Morgan fingerprint density at radius 3 is 2.52 bits per heavy atom. The molecule has 0 unspecified atom stereocenters. The zero-order valence-electron chi connectivity index (χ0n) is 16.6. The number of carbonyl (C=O) groups is 2. The molecule has 1 amide bonds. The highest BCUT2D eigenvalue weighted by atomic mass is 79.9. The van der Waals surface area contributed by atoms with Crippen molar-refractivity contribution in [2.45, 2.75) is 0 Å². The summed E-state index contributed by atoms with van der Waals surface area (Å²) in [5, 5.41) is 23.0. The minimum absolute atomic E-state index is 0.0259. The van der Waals surface area contributed by atoms with Crippen LogP contribution in [0.25, 0.3) is 6.08 Å². The molecule has 0 aromatic heterocycles. The molecule has 0 atom stereocenters. The van der Waals surface area contributed by atoms with Crippen LogP contribution in [0.2, 0.25) is 5.02 Å². The van der Waals surface area contributed by atoms with Gasteiger partial charge in [0.2, 0.25) is 0 Å². The van der Waals surface area contributed by atoms with Crippen LogP contribution in [0.5, 0.6) is 5.75 Å². The molecule has 8 nitrogen and oxygen atoms in total.